The summed E-state index contributed by atoms with van der Waals surface area (Å²) < 4.78 is 2.27. The fourth-order valence-corrected chi connectivity index (χ4v) is 2.26. The van der Waals surface area contributed by atoms with Gasteiger partial charge in [-0.3, -0.25) is 0 Å². The van der Waals surface area contributed by atoms with Crippen molar-refractivity contribution in [1.82, 2.24) is 4.57 Å². The third-order valence-corrected chi connectivity index (χ3v) is 3.13. The summed E-state index contributed by atoms with van der Waals surface area (Å²) in [5.74, 6) is 0. The van der Waals surface area contributed by atoms with Crippen molar-refractivity contribution in [2.75, 3.05) is 6.26 Å². The zero-order valence-electron chi connectivity index (χ0n) is 7.95. The molecule has 0 amide bonds. The number of nitrogens with zero attached hydrogens (tertiary/aromatic N) is 1. The van der Waals surface area contributed by atoms with Crippen LogP contribution in [0.4, 0.5) is 0 Å². The molecule has 0 atom stereocenters. The van der Waals surface area contributed by atoms with E-state index < -0.39 is 0 Å². The molecule has 0 N–H and O–H groups in total. The molecule has 0 saturated carbocycles. The van der Waals surface area contributed by atoms with Crippen LogP contribution in [0.1, 0.15) is 6.92 Å². The first-order valence-electron chi connectivity index (χ1n) is 4.48. The van der Waals surface area contributed by atoms with Gasteiger partial charge in [-0.25, -0.2) is 0 Å². The van der Waals surface area contributed by atoms with Gasteiger partial charge in [0.1, 0.15) is 0 Å². The van der Waals surface area contributed by atoms with Crippen LogP contribution in [0, 0.1) is 0 Å². The largest absolute Gasteiger partial charge is 0.348 e. The lowest BCUT2D eigenvalue weighted by molar-refractivity contribution is 0.797. The topological polar surface area (TPSA) is 4.93 Å². The molecule has 2 aromatic rings. The summed E-state index contributed by atoms with van der Waals surface area (Å²) >= 11 is 1.81. The Morgan fingerprint density at radius 2 is 2.15 bits per heavy atom. The van der Waals surface area contributed by atoms with E-state index in [1.165, 1.54) is 15.8 Å². The molecule has 0 aliphatic carbocycles. The van der Waals surface area contributed by atoms with E-state index in [1.807, 2.05) is 11.8 Å². The van der Waals surface area contributed by atoms with Gasteiger partial charge in [0.05, 0.1) is 0 Å². The number of fused-ring (bicyclic) bond motifs is 1. The van der Waals surface area contributed by atoms with Crippen molar-refractivity contribution in [3.63, 3.8) is 0 Å². The maximum atomic E-state index is 2.27. The minimum absolute atomic E-state index is 1.04. The van der Waals surface area contributed by atoms with Crippen LogP contribution in [-0.4, -0.2) is 10.8 Å². The van der Waals surface area contributed by atoms with Crippen molar-refractivity contribution in [1.29, 1.82) is 0 Å². The highest BCUT2D eigenvalue weighted by Gasteiger charge is 2.02. The monoisotopic (exact) mass is 191 g/mol. The molecule has 0 saturated heterocycles. The summed E-state index contributed by atoms with van der Waals surface area (Å²) in [5.41, 5.74) is 1.34. The highest BCUT2D eigenvalue weighted by Crippen LogP contribution is 2.26. The fourth-order valence-electron chi connectivity index (χ4n) is 1.65. The number of aromatic nitrogens is 1. The van der Waals surface area contributed by atoms with Gasteiger partial charge in [0.25, 0.3) is 0 Å². The fraction of sp³-hybridized carbons (Fsp3) is 0.273. The molecule has 0 unspecified atom stereocenters. The first kappa shape index (κ1) is 8.70. The van der Waals surface area contributed by atoms with Crippen LogP contribution < -0.4 is 0 Å². The van der Waals surface area contributed by atoms with E-state index in [1.54, 1.807) is 0 Å². The maximum absolute atomic E-state index is 2.27. The van der Waals surface area contributed by atoms with Gasteiger partial charge in [0, 0.05) is 28.5 Å². The van der Waals surface area contributed by atoms with E-state index in [-0.39, 0.29) is 0 Å². The maximum Gasteiger partial charge on any atom is 0.0491 e. The van der Waals surface area contributed by atoms with Gasteiger partial charge in [-0.1, -0.05) is 6.07 Å². The predicted octanol–water partition coefficient (Wildman–Crippen LogP) is 3.38. The second kappa shape index (κ2) is 3.46. The molecule has 1 aromatic carbocycles. The molecule has 0 spiro atoms. The molecule has 0 aliphatic rings. The zero-order chi connectivity index (χ0) is 9.26. The second-order valence-corrected chi connectivity index (χ2v) is 3.84. The SMILES string of the molecule is CCn1ccc2c(SC)cccc21. The number of rotatable bonds is 2. The Morgan fingerprint density at radius 3 is 2.85 bits per heavy atom. The number of aryl methyl sites for hydroxylation is 1. The van der Waals surface area contributed by atoms with E-state index in [4.69, 9.17) is 0 Å². The predicted molar refractivity (Wildman–Crippen MR) is 59.4 cm³/mol. The molecule has 0 bridgehead atoms. The van der Waals surface area contributed by atoms with Crippen LogP contribution >= 0.6 is 11.8 Å². The Morgan fingerprint density at radius 1 is 1.31 bits per heavy atom. The van der Waals surface area contributed by atoms with Gasteiger partial charge < -0.3 is 4.57 Å². The lowest BCUT2D eigenvalue weighted by atomic mass is 10.2. The smallest absolute Gasteiger partial charge is 0.0491 e. The van der Waals surface area contributed by atoms with Crippen LogP contribution in [-0.2, 0) is 6.54 Å². The zero-order valence-corrected chi connectivity index (χ0v) is 8.77. The second-order valence-electron chi connectivity index (χ2n) is 2.99. The van der Waals surface area contributed by atoms with Crippen molar-refractivity contribution in [2.45, 2.75) is 18.4 Å². The Kier molecular flexibility index (Phi) is 2.32. The highest BCUT2D eigenvalue weighted by molar-refractivity contribution is 7.98. The van der Waals surface area contributed by atoms with Crippen LogP contribution in [0.2, 0.25) is 0 Å². The highest BCUT2D eigenvalue weighted by atomic mass is 32.2. The Bertz CT molecular complexity index is 417. The summed E-state index contributed by atoms with van der Waals surface area (Å²) in [6, 6.07) is 8.68. The number of hydrogen-bond acceptors (Lipinski definition) is 1. The average Bonchev–Trinajstić information content (AvgIpc) is 2.60. The van der Waals surface area contributed by atoms with Crippen molar-refractivity contribution < 1.29 is 0 Å². The van der Waals surface area contributed by atoms with Crippen molar-refractivity contribution in [3.8, 4) is 0 Å². The van der Waals surface area contributed by atoms with E-state index in [9.17, 15) is 0 Å². The van der Waals surface area contributed by atoms with Crippen LogP contribution in [0.15, 0.2) is 35.4 Å². The molecule has 1 aromatic heterocycles. The molecule has 2 rings (SSSR count). The minimum Gasteiger partial charge on any atom is -0.348 e. The molecule has 68 valence electrons. The van der Waals surface area contributed by atoms with Gasteiger partial charge in [-0.2, -0.15) is 0 Å². The summed E-state index contributed by atoms with van der Waals surface area (Å²) in [7, 11) is 0. The van der Waals surface area contributed by atoms with Gasteiger partial charge >= 0.3 is 0 Å². The minimum atomic E-state index is 1.04. The molecule has 2 heteroatoms. The third kappa shape index (κ3) is 1.35. The number of hydrogen-bond donors (Lipinski definition) is 0. The Hall–Kier alpha value is -0.890. The summed E-state index contributed by atoms with van der Waals surface area (Å²) in [5, 5.41) is 1.37. The normalized spacial score (nSPS) is 10.9. The van der Waals surface area contributed by atoms with Crippen LogP contribution in [0.3, 0.4) is 0 Å². The molecule has 0 radical (unpaired) electrons. The number of benzene rings is 1. The molecule has 1 heterocycles. The molecular weight excluding hydrogens is 178 g/mol. The van der Waals surface area contributed by atoms with Crippen molar-refractivity contribution >= 4 is 22.7 Å². The average molecular weight is 191 g/mol. The van der Waals surface area contributed by atoms with Gasteiger partial charge in [0.2, 0.25) is 0 Å². The van der Waals surface area contributed by atoms with Crippen molar-refractivity contribution in [2.24, 2.45) is 0 Å². The molecule has 1 nitrogen and oxygen atoms in total. The summed E-state index contributed by atoms with van der Waals surface area (Å²) in [6.07, 6.45) is 4.28. The Labute approximate surface area is 82.8 Å². The lowest BCUT2D eigenvalue weighted by Crippen LogP contribution is -1.89. The van der Waals surface area contributed by atoms with E-state index >= 15 is 0 Å². The van der Waals surface area contributed by atoms with E-state index in [0.29, 0.717) is 0 Å². The van der Waals surface area contributed by atoms with Gasteiger partial charge in [-0.15, -0.1) is 11.8 Å². The number of thioether (sulfide) groups is 1. The van der Waals surface area contributed by atoms with E-state index in [0.717, 1.165) is 6.54 Å². The first-order chi connectivity index (χ1) is 6.36. The summed E-state index contributed by atoms with van der Waals surface area (Å²) in [6.45, 7) is 3.21. The van der Waals surface area contributed by atoms with E-state index in [2.05, 4.69) is 48.2 Å². The molecular formula is C11H13NS. The van der Waals surface area contributed by atoms with Crippen LogP contribution in [0.5, 0.6) is 0 Å². The van der Waals surface area contributed by atoms with Gasteiger partial charge in [-0.05, 0) is 31.4 Å². The summed E-state index contributed by atoms with van der Waals surface area (Å²) in [4.78, 5) is 1.37. The molecule has 0 aliphatic heterocycles. The Balaban J connectivity index is 2.72. The molecule has 0 fully saturated rings. The van der Waals surface area contributed by atoms with Crippen molar-refractivity contribution in [3.05, 3.63) is 30.5 Å². The third-order valence-electron chi connectivity index (χ3n) is 2.33. The quantitative estimate of drug-likeness (QED) is 0.659. The molecule has 13 heavy (non-hydrogen) atoms. The standard InChI is InChI=1S/C11H13NS/c1-3-12-8-7-9-10(12)5-4-6-11(9)13-2/h4-8H,3H2,1-2H3. The lowest BCUT2D eigenvalue weighted by Gasteiger charge is -2.02. The van der Waals surface area contributed by atoms with Crippen LogP contribution in [0.25, 0.3) is 10.9 Å². The first-order valence-corrected chi connectivity index (χ1v) is 5.71. The van der Waals surface area contributed by atoms with Gasteiger partial charge in [0.15, 0.2) is 0 Å².